The number of carboxylic acids is 2. The maximum Gasteiger partial charge on any atom is 0.373 e. The van der Waals surface area contributed by atoms with E-state index in [1.807, 2.05) is 0 Å². The van der Waals surface area contributed by atoms with Crippen molar-refractivity contribution in [2.45, 2.75) is 31.8 Å². The number of Topliss-reactive ketones (excluding diaryl/α,β-unsaturated/α-hetero) is 1. The first-order valence-electron chi connectivity index (χ1n) is 8.13. The lowest BCUT2D eigenvalue weighted by Gasteiger charge is -2.18. The molecule has 28 heavy (non-hydrogen) atoms. The lowest BCUT2D eigenvalue weighted by atomic mass is 10.1. The fourth-order valence-corrected chi connectivity index (χ4v) is 2.62. The van der Waals surface area contributed by atoms with E-state index in [1.165, 1.54) is 0 Å². The number of carbonyl (C=O) groups excluding carboxylic acids is 4. The number of ether oxygens (including phenoxy) is 1. The van der Waals surface area contributed by atoms with Crippen LogP contribution in [0.1, 0.15) is 19.8 Å². The lowest BCUT2D eigenvalue weighted by molar-refractivity contribution is -0.147. The van der Waals surface area contributed by atoms with Crippen molar-refractivity contribution < 1.29 is 43.7 Å². The van der Waals surface area contributed by atoms with E-state index in [4.69, 9.17) is 20.7 Å². The van der Waals surface area contributed by atoms with Crippen molar-refractivity contribution in [2.24, 2.45) is 5.73 Å². The van der Waals surface area contributed by atoms with E-state index < -0.39 is 59.9 Å². The maximum absolute atomic E-state index is 12.0. The van der Waals surface area contributed by atoms with E-state index in [0.717, 1.165) is 11.8 Å². The van der Waals surface area contributed by atoms with Crippen LogP contribution < -0.4 is 16.4 Å². The number of ketones is 1. The molecular weight excluding hydrogens is 398 g/mol. The van der Waals surface area contributed by atoms with Gasteiger partial charge in [-0.1, -0.05) is 0 Å². The third kappa shape index (κ3) is 11.1. The highest BCUT2D eigenvalue weighted by atomic mass is 32.2. The zero-order chi connectivity index (χ0) is 21.7. The summed E-state index contributed by atoms with van der Waals surface area (Å²) < 4.78 is 4.71. The number of amides is 2. The first-order valence-corrected chi connectivity index (χ1v) is 9.28. The fourth-order valence-electron chi connectivity index (χ4n) is 1.72. The van der Waals surface area contributed by atoms with Crippen molar-refractivity contribution in [2.75, 3.05) is 24.7 Å². The zero-order valence-electron chi connectivity index (χ0n) is 15.1. The van der Waals surface area contributed by atoms with E-state index in [1.54, 1.807) is 6.92 Å². The van der Waals surface area contributed by atoms with Crippen LogP contribution in [0.3, 0.4) is 0 Å². The van der Waals surface area contributed by atoms with Gasteiger partial charge in [0.2, 0.25) is 17.6 Å². The highest BCUT2D eigenvalue weighted by molar-refractivity contribution is 8.00. The van der Waals surface area contributed by atoms with Gasteiger partial charge in [0.05, 0.1) is 12.4 Å². The van der Waals surface area contributed by atoms with E-state index in [9.17, 15) is 28.8 Å². The van der Waals surface area contributed by atoms with Gasteiger partial charge in [0.15, 0.2) is 0 Å². The molecule has 0 bridgehead atoms. The Bertz CT molecular complexity index is 612. The van der Waals surface area contributed by atoms with Crippen molar-refractivity contribution in [3.8, 4) is 0 Å². The minimum absolute atomic E-state index is 0.0429. The van der Waals surface area contributed by atoms with Crippen molar-refractivity contribution >= 4 is 47.3 Å². The van der Waals surface area contributed by atoms with Gasteiger partial charge in [-0.15, -0.1) is 0 Å². The van der Waals surface area contributed by atoms with Crippen LogP contribution in [0.15, 0.2) is 0 Å². The molecule has 0 heterocycles. The van der Waals surface area contributed by atoms with Gasteiger partial charge in [-0.05, 0) is 13.3 Å². The smallest absolute Gasteiger partial charge is 0.373 e. The molecule has 0 saturated carbocycles. The van der Waals surface area contributed by atoms with E-state index >= 15 is 0 Å². The van der Waals surface area contributed by atoms with Crippen molar-refractivity contribution in [3.63, 3.8) is 0 Å². The van der Waals surface area contributed by atoms with E-state index in [0.29, 0.717) is 0 Å². The first-order chi connectivity index (χ1) is 13.1. The molecule has 2 amide bonds. The third-order valence-electron chi connectivity index (χ3n) is 3.09. The Hall–Kier alpha value is -2.67. The summed E-state index contributed by atoms with van der Waals surface area (Å²) in [5, 5.41) is 21.5. The summed E-state index contributed by atoms with van der Waals surface area (Å²) in [6.07, 6.45) is -0.250. The average Bonchev–Trinajstić information content (AvgIpc) is 2.63. The third-order valence-corrected chi connectivity index (χ3v) is 4.13. The molecule has 2 unspecified atom stereocenters. The standard InChI is InChI=1S/C15H23N3O9S/c1-2-27-15(26)8(16)3-4-11(20)18-9(13(23)17-5-12(21)22)6-28-7-10(19)14(24)25/h8-9H,2-7,16H2,1H3,(H,17,23)(H,18,20)(H,21,22)(H,24,25). The predicted octanol–water partition coefficient (Wildman–Crippen LogP) is -2.27. The van der Waals surface area contributed by atoms with Crippen molar-refractivity contribution in [3.05, 3.63) is 0 Å². The monoisotopic (exact) mass is 421 g/mol. The topological polar surface area (TPSA) is 202 Å². The lowest BCUT2D eigenvalue weighted by Crippen LogP contribution is -2.49. The van der Waals surface area contributed by atoms with Gasteiger partial charge in [-0.25, -0.2) is 4.79 Å². The molecule has 12 nitrogen and oxygen atoms in total. The van der Waals surface area contributed by atoms with E-state index in [-0.39, 0.29) is 25.2 Å². The summed E-state index contributed by atoms with van der Waals surface area (Å²) in [7, 11) is 0. The van der Waals surface area contributed by atoms with Crippen LogP contribution in [0.4, 0.5) is 0 Å². The van der Waals surface area contributed by atoms with Crippen LogP contribution in [0, 0.1) is 0 Å². The van der Waals surface area contributed by atoms with Crippen LogP contribution >= 0.6 is 11.8 Å². The van der Waals surface area contributed by atoms with Gasteiger partial charge in [0.1, 0.15) is 18.6 Å². The Labute approximate surface area is 164 Å². The van der Waals surface area contributed by atoms with Crippen LogP contribution in [-0.2, 0) is 33.5 Å². The number of nitrogens with one attached hydrogen (secondary N) is 2. The Morgan fingerprint density at radius 2 is 1.79 bits per heavy atom. The van der Waals surface area contributed by atoms with E-state index in [2.05, 4.69) is 10.6 Å². The molecule has 158 valence electrons. The largest absolute Gasteiger partial charge is 0.480 e. The normalized spacial score (nSPS) is 12.4. The number of esters is 1. The highest BCUT2D eigenvalue weighted by Crippen LogP contribution is 2.05. The molecule has 0 rings (SSSR count). The highest BCUT2D eigenvalue weighted by Gasteiger charge is 2.23. The molecule has 0 aliphatic carbocycles. The number of rotatable bonds is 14. The molecule has 0 aromatic carbocycles. The van der Waals surface area contributed by atoms with Crippen LogP contribution in [0.2, 0.25) is 0 Å². The maximum atomic E-state index is 12.0. The molecule has 0 radical (unpaired) electrons. The quantitative estimate of drug-likeness (QED) is 0.149. The second kappa shape index (κ2) is 13.5. The van der Waals surface area contributed by atoms with Gasteiger partial charge in [0, 0.05) is 12.2 Å². The summed E-state index contributed by atoms with van der Waals surface area (Å²) in [5.41, 5.74) is 5.57. The molecule has 0 fully saturated rings. The van der Waals surface area contributed by atoms with Crippen molar-refractivity contribution in [1.29, 1.82) is 0 Å². The molecule has 13 heteroatoms. The summed E-state index contributed by atoms with van der Waals surface area (Å²) >= 11 is 0.786. The Morgan fingerprint density at radius 1 is 1.14 bits per heavy atom. The summed E-state index contributed by atoms with van der Waals surface area (Å²) in [6.45, 7) is 1.05. The van der Waals surface area contributed by atoms with Crippen LogP contribution in [0.25, 0.3) is 0 Å². The Kier molecular flexibility index (Phi) is 12.2. The summed E-state index contributed by atoms with van der Waals surface area (Å²) in [5.74, 6) is -6.73. The number of carboxylic acid groups (broad SMARTS) is 2. The van der Waals surface area contributed by atoms with Gasteiger partial charge in [-0.3, -0.25) is 24.0 Å². The molecule has 0 aliphatic heterocycles. The SMILES string of the molecule is CCOC(=O)C(N)CCC(=O)NC(CSCC(=O)C(=O)O)C(=O)NCC(=O)O. The summed E-state index contributed by atoms with van der Waals surface area (Å²) in [6, 6.07) is -2.23. The molecular formula is C15H23N3O9S. The molecule has 0 spiro atoms. The van der Waals surface area contributed by atoms with Gasteiger partial charge in [0.25, 0.3) is 0 Å². The van der Waals surface area contributed by atoms with Gasteiger partial charge in [-0.2, -0.15) is 11.8 Å². The molecule has 0 aromatic heterocycles. The molecule has 0 saturated heterocycles. The number of nitrogens with two attached hydrogens (primary N) is 1. The molecule has 2 atom stereocenters. The predicted molar refractivity (Wildman–Crippen MR) is 96.4 cm³/mol. The van der Waals surface area contributed by atoms with Gasteiger partial charge < -0.3 is 31.3 Å². The summed E-state index contributed by atoms with van der Waals surface area (Å²) in [4.78, 5) is 67.6. The number of hydrogen-bond donors (Lipinski definition) is 5. The van der Waals surface area contributed by atoms with Gasteiger partial charge >= 0.3 is 17.9 Å². The fraction of sp³-hybridized carbons (Fsp3) is 0.600. The molecule has 0 aliphatic rings. The molecule has 0 aromatic rings. The number of thioether (sulfide) groups is 1. The second-order valence-electron chi connectivity index (χ2n) is 5.37. The van der Waals surface area contributed by atoms with Crippen molar-refractivity contribution in [1.82, 2.24) is 10.6 Å². The van der Waals surface area contributed by atoms with Crippen LogP contribution in [0.5, 0.6) is 0 Å². The Morgan fingerprint density at radius 3 is 2.32 bits per heavy atom. The molecule has 6 N–H and O–H groups in total. The Balaban J connectivity index is 4.71. The number of carbonyl (C=O) groups is 6. The minimum atomic E-state index is -1.63. The zero-order valence-corrected chi connectivity index (χ0v) is 16.0. The van der Waals surface area contributed by atoms with Crippen LogP contribution in [-0.4, -0.2) is 82.5 Å². The number of aliphatic carboxylic acids is 2. The average molecular weight is 421 g/mol. The number of hydrogen-bond acceptors (Lipinski definition) is 9. The minimum Gasteiger partial charge on any atom is -0.480 e. The second-order valence-corrected chi connectivity index (χ2v) is 6.40. The first kappa shape index (κ1) is 25.3.